The lowest BCUT2D eigenvalue weighted by Gasteiger charge is -2.05. The first kappa shape index (κ1) is 23.0. The van der Waals surface area contributed by atoms with Gasteiger partial charge in [-0.15, -0.1) is 0 Å². The number of pyridine rings is 2. The normalized spacial score (nSPS) is 11.3. The standard InChI is InChI=1S/C30H28N2O2/c1-2-3-20-34-28-14-10-24(11-15-28)5-7-26-17-19-32-30(22-26)29-21-25(16-18-31-29)6-4-23-8-12-27(33)13-9-23/h4-19,21-22,33H,2-3,20H2,1H3/b6-4+,7-5+. The molecule has 2 heterocycles. The van der Waals surface area contributed by atoms with Crippen LogP contribution in [0.3, 0.4) is 0 Å². The van der Waals surface area contributed by atoms with Crippen LogP contribution in [0.15, 0.2) is 85.2 Å². The number of ether oxygens (including phenoxy) is 1. The fourth-order valence-corrected chi connectivity index (χ4v) is 3.36. The van der Waals surface area contributed by atoms with E-state index in [1.807, 2.05) is 60.7 Å². The van der Waals surface area contributed by atoms with Crippen molar-refractivity contribution in [2.45, 2.75) is 19.8 Å². The molecule has 2 aromatic heterocycles. The Labute approximate surface area is 200 Å². The summed E-state index contributed by atoms with van der Waals surface area (Å²) >= 11 is 0. The van der Waals surface area contributed by atoms with Gasteiger partial charge >= 0.3 is 0 Å². The number of unbranched alkanes of at least 4 members (excludes halogenated alkanes) is 1. The molecule has 4 nitrogen and oxygen atoms in total. The summed E-state index contributed by atoms with van der Waals surface area (Å²) in [6.45, 7) is 2.92. The molecule has 0 radical (unpaired) electrons. The van der Waals surface area contributed by atoms with E-state index < -0.39 is 0 Å². The first-order valence-electron chi connectivity index (χ1n) is 11.5. The number of aromatic hydroxyl groups is 1. The number of hydrogen-bond acceptors (Lipinski definition) is 4. The average Bonchev–Trinajstić information content (AvgIpc) is 2.88. The smallest absolute Gasteiger partial charge is 0.119 e. The van der Waals surface area contributed by atoms with E-state index in [4.69, 9.17) is 4.74 Å². The van der Waals surface area contributed by atoms with E-state index in [1.54, 1.807) is 24.5 Å². The maximum atomic E-state index is 9.43. The van der Waals surface area contributed by atoms with Crippen molar-refractivity contribution in [3.63, 3.8) is 0 Å². The van der Waals surface area contributed by atoms with Crippen LogP contribution in [0.1, 0.15) is 42.0 Å². The summed E-state index contributed by atoms with van der Waals surface area (Å²) in [6, 6.07) is 23.2. The summed E-state index contributed by atoms with van der Waals surface area (Å²) in [7, 11) is 0. The summed E-state index contributed by atoms with van der Waals surface area (Å²) < 4.78 is 5.73. The molecule has 0 saturated heterocycles. The molecule has 34 heavy (non-hydrogen) atoms. The van der Waals surface area contributed by atoms with Crippen LogP contribution in [0.4, 0.5) is 0 Å². The van der Waals surface area contributed by atoms with E-state index in [9.17, 15) is 5.11 Å². The third-order valence-corrected chi connectivity index (χ3v) is 5.31. The van der Waals surface area contributed by atoms with Gasteiger partial charge < -0.3 is 9.84 Å². The second-order valence-electron chi connectivity index (χ2n) is 7.98. The lowest BCUT2D eigenvalue weighted by Crippen LogP contribution is -1.95. The van der Waals surface area contributed by atoms with Crippen molar-refractivity contribution in [1.29, 1.82) is 0 Å². The fraction of sp³-hybridized carbons (Fsp3) is 0.133. The van der Waals surface area contributed by atoms with Crippen molar-refractivity contribution in [2.24, 2.45) is 0 Å². The van der Waals surface area contributed by atoms with Crippen LogP contribution in [-0.4, -0.2) is 21.7 Å². The molecular weight excluding hydrogens is 420 g/mol. The topological polar surface area (TPSA) is 55.2 Å². The number of aromatic nitrogens is 2. The molecule has 4 aromatic rings. The lowest BCUT2D eigenvalue weighted by molar-refractivity contribution is 0.309. The van der Waals surface area contributed by atoms with Crippen molar-refractivity contribution in [2.75, 3.05) is 6.61 Å². The van der Waals surface area contributed by atoms with Gasteiger partial charge in [-0.1, -0.05) is 61.9 Å². The first-order valence-corrected chi connectivity index (χ1v) is 11.5. The molecular formula is C30H28N2O2. The van der Waals surface area contributed by atoms with Crippen molar-refractivity contribution >= 4 is 24.3 Å². The van der Waals surface area contributed by atoms with Crippen LogP contribution < -0.4 is 4.74 Å². The molecule has 4 heteroatoms. The number of phenols is 1. The molecule has 0 aliphatic rings. The molecule has 0 bridgehead atoms. The molecule has 2 aromatic carbocycles. The van der Waals surface area contributed by atoms with E-state index in [0.29, 0.717) is 0 Å². The van der Waals surface area contributed by atoms with E-state index in [0.717, 1.165) is 58.8 Å². The van der Waals surface area contributed by atoms with Gasteiger partial charge in [0.05, 0.1) is 18.0 Å². The van der Waals surface area contributed by atoms with Gasteiger partial charge in [0.25, 0.3) is 0 Å². The molecule has 0 unspecified atom stereocenters. The van der Waals surface area contributed by atoms with Crippen LogP contribution in [0.25, 0.3) is 35.7 Å². The Morgan fingerprint density at radius 3 is 1.71 bits per heavy atom. The van der Waals surface area contributed by atoms with Gasteiger partial charge in [0.2, 0.25) is 0 Å². The Balaban J connectivity index is 1.45. The largest absolute Gasteiger partial charge is 0.508 e. The quantitative estimate of drug-likeness (QED) is 0.272. The highest BCUT2D eigenvalue weighted by Crippen LogP contribution is 2.20. The van der Waals surface area contributed by atoms with Crippen molar-refractivity contribution in [3.05, 3.63) is 107 Å². The van der Waals surface area contributed by atoms with Crippen LogP contribution >= 0.6 is 0 Å². The summed E-state index contributed by atoms with van der Waals surface area (Å²) in [4.78, 5) is 9.02. The van der Waals surface area contributed by atoms with Gasteiger partial charge in [-0.2, -0.15) is 0 Å². The zero-order valence-electron chi connectivity index (χ0n) is 19.3. The Hall–Kier alpha value is -4.18. The SMILES string of the molecule is CCCCOc1ccc(/C=C/c2ccnc(-c3cc(/C=C/c4ccc(O)cc4)ccn3)c2)cc1. The maximum Gasteiger partial charge on any atom is 0.119 e. The molecule has 0 aliphatic heterocycles. The number of hydrogen-bond donors (Lipinski definition) is 1. The van der Waals surface area contributed by atoms with E-state index >= 15 is 0 Å². The van der Waals surface area contributed by atoms with Crippen molar-refractivity contribution in [3.8, 4) is 22.9 Å². The van der Waals surface area contributed by atoms with Crippen LogP contribution in [-0.2, 0) is 0 Å². The third kappa shape index (κ3) is 6.66. The molecule has 0 saturated carbocycles. The molecule has 0 fully saturated rings. The zero-order valence-corrected chi connectivity index (χ0v) is 19.3. The van der Waals surface area contributed by atoms with E-state index in [1.165, 1.54) is 0 Å². The highest BCUT2D eigenvalue weighted by Gasteiger charge is 2.02. The Bertz CT molecular complexity index is 1260. The predicted molar refractivity (Wildman–Crippen MR) is 140 cm³/mol. The monoisotopic (exact) mass is 448 g/mol. The fourth-order valence-electron chi connectivity index (χ4n) is 3.36. The van der Waals surface area contributed by atoms with Crippen LogP contribution in [0, 0.1) is 0 Å². The highest BCUT2D eigenvalue weighted by molar-refractivity contribution is 5.74. The molecule has 0 aliphatic carbocycles. The number of phenolic OH excluding ortho intramolecular Hbond substituents is 1. The summed E-state index contributed by atoms with van der Waals surface area (Å²) in [5.41, 5.74) is 5.85. The van der Waals surface area contributed by atoms with Gasteiger partial charge in [0, 0.05) is 12.4 Å². The molecule has 1 N–H and O–H groups in total. The minimum absolute atomic E-state index is 0.261. The molecule has 170 valence electrons. The number of nitrogens with zero attached hydrogens (tertiary/aromatic N) is 2. The van der Waals surface area contributed by atoms with Gasteiger partial charge in [0.15, 0.2) is 0 Å². The minimum atomic E-state index is 0.261. The summed E-state index contributed by atoms with van der Waals surface area (Å²) in [6.07, 6.45) is 14.0. The molecule has 0 amide bonds. The Morgan fingerprint density at radius 2 is 1.18 bits per heavy atom. The third-order valence-electron chi connectivity index (χ3n) is 5.31. The second kappa shape index (κ2) is 11.6. The summed E-state index contributed by atoms with van der Waals surface area (Å²) in [5.74, 6) is 1.17. The molecule has 0 spiro atoms. The highest BCUT2D eigenvalue weighted by atomic mass is 16.5. The van der Waals surface area contributed by atoms with Crippen LogP contribution in [0.5, 0.6) is 11.5 Å². The van der Waals surface area contributed by atoms with Gasteiger partial charge in [0.1, 0.15) is 11.5 Å². The Morgan fingerprint density at radius 1 is 0.676 bits per heavy atom. The van der Waals surface area contributed by atoms with Gasteiger partial charge in [-0.05, 0) is 77.2 Å². The van der Waals surface area contributed by atoms with E-state index in [2.05, 4.69) is 41.2 Å². The summed E-state index contributed by atoms with van der Waals surface area (Å²) in [5, 5.41) is 9.43. The minimum Gasteiger partial charge on any atom is -0.508 e. The lowest BCUT2D eigenvalue weighted by atomic mass is 10.1. The number of benzene rings is 2. The van der Waals surface area contributed by atoms with Gasteiger partial charge in [-0.25, -0.2) is 0 Å². The number of rotatable bonds is 9. The predicted octanol–water partition coefficient (Wildman–Crippen LogP) is 7.37. The molecule has 0 atom stereocenters. The van der Waals surface area contributed by atoms with Crippen LogP contribution in [0.2, 0.25) is 0 Å². The Kier molecular flexibility index (Phi) is 7.86. The van der Waals surface area contributed by atoms with Crippen molar-refractivity contribution in [1.82, 2.24) is 9.97 Å². The second-order valence-corrected chi connectivity index (χ2v) is 7.98. The first-order chi connectivity index (χ1) is 16.7. The average molecular weight is 449 g/mol. The van der Waals surface area contributed by atoms with Gasteiger partial charge in [-0.3, -0.25) is 9.97 Å². The van der Waals surface area contributed by atoms with E-state index in [-0.39, 0.29) is 5.75 Å². The zero-order chi connectivity index (χ0) is 23.6. The van der Waals surface area contributed by atoms with Crippen molar-refractivity contribution < 1.29 is 9.84 Å². The maximum absolute atomic E-state index is 9.43. The molecule has 4 rings (SSSR count).